The van der Waals surface area contributed by atoms with Gasteiger partial charge < -0.3 is 9.88 Å². The van der Waals surface area contributed by atoms with Crippen molar-refractivity contribution >= 4 is 28.1 Å². The molecule has 0 atom stereocenters. The van der Waals surface area contributed by atoms with Crippen molar-refractivity contribution in [2.75, 3.05) is 11.9 Å². The highest BCUT2D eigenvalue weighted by molar-refractivity contribution is 6.04. The first kappa shape index (κ1) is 17.6. The van der Waals surface area contributed by atoms with Crippen molar-refractivity contribution in [1.29, 1.82) is 5.26 Å². The number of fused-ring (bicyclic) bond motifs is 2. The normalized spacial score (nSPS) is 10.9. The molecule has 0 saturated carbocycles. The van der Waals surface area contributed by atoms with E-state index in [0.29, 0.717) is 22.6 Å². The second-order valence-corrected chi connectivity index (χ2v) is 6.95. The lowest BCUT2D eigenvalue weighted by Crippen LogP contribution is -2.27. The number of anilines is 1. The average Bonchev–Trinajstić information content (AvgIpc) is 3.44. The van der Waals surface area contributed by atoms with Gasteiger partial charge in [0.1, 0.15) is 5.69 Å². The Morgan fingerprint density at radius 1 is 1.10 bits per heavy atom. The molecule has 7 nitrogen and oxygen atoms in total. The van der Waals surface area contributed by atoms with Gasteiger partial charge in [-0.15, -0.1) is 0 Å². The summed E-state index contributed by atoms with van der Waals surface area (Å²) in [5.74, 6) is -0.248. The molecule has 0 bridgehead atoms. The number of nitrogens with one attached hydrogen (secondary N) is 1. The number of carbonyl (C=O) groups is 1. The van der Waals surface area contributed by atoms with Crippen molar-refractivity contribution in [3.8, 4) is 17.3 Å². The molecule has 5 rings (SSSR count). The van der Waals surface area contributed by atoms with Gasteiger partial charge >= 0.3 is 0 Å². The van der Waals surface area contributed by atoms with Crippen LogP contribution in [0.5, 0.6) is 0 Å². The summed E-state index contributed by atoms with van der Waals surface area (Å²) in [6, 6.07) is 17.1. The van der Waals surface area contributed by atoms with E-state index in [1.54, 1.807) is 49.9 Å². The van der Waals surface area contributed by atoms with Crippen LogP contribution in [-0.4, -0.2) is 32.3 Å². The molecule has 0 aliphatic carbocycles. The van der Waals surface area contributed by atoms with Crippen molar-refractivity contribution in [2.24, 2.45) is 0 Å². The maximum Gasteiger partial charge on any atom is 0.278 e. The van der Waals surface area contributed by atoms with Gasteiger partial charge in [0.05, 0.1) is 29.7 Å². The molecule has 1 N–H and O–H groups in total. The number of amides is 1. The molecule has 0 aliphatic heterocycles. The van der Waals surface area contributed by atoms with Gasteiger partial charge in [0.15, 0.2) is 5.65 Å². The van der Waals surface area contributed by atoms with Crippen molar-refractivity contribution in [3.63, 3.8) is 0 Å². The Morgan fingerprint density at radius 3 is 2.73 bits per heavy atom. The lowest BCUT2D eigenvalue weighted by Gasteiger charge is -2.17. The maximum absolute atomic E-state index is 13.0. The zero-order valence-electron chi connectivity index (χ0n) is 16.1. The predicted molar refractivity (Wildman–Crippen MR) is 114 cm³/mol. The molecule has 0 saturated heterocycles. The summed E-state index contributed by atoms with van der Waals surface area (Å²) >= 11 is 0. The number of aromatic amines is 1. The van der Waals surface area contributed by atoms with Crippen LogP contribution in [0.2, 0.25) is 0 Å². The fraction of sp³-hybridized carbons (Fsp3) is 0.0435. The Hall–Kier alpha value is -4.44. The van der Waals surface area contributed by atoms with Gasteiger partial charge in [0.25, 0.3) is 5.91 Å². The van der Waals surface area contributed by atoms with Crippen molar-refractivity contribution in [3.05, 3.63) is 84.6 Å². The first-order valence-corrected chi connectivity index (χ1v) is 9.33. The number of H-pyrrole nitrogens is 1. The molecular weight excluding hydrogens is 376 g/mol. The molecule has 0 fully saturated rings. The Labute approximate surface area is 171 Å². The molecule has 3 heterocycles. The monoisotopic (exact) mass is 392 g/mol. The molecule has 1 amide bonds. The Balaban J connectivity index is 1.53. The second kappa shape index (κ2) is 6.87. The molecule has 30 heavy (non-hydrogen) atoms. The number of benzene rings is 2. The molecule has 0 radical (unpaired) electrons. The zero-order valence-corrected chi connectivity index (χ0v) is 16.1. The van der Waals surface area contributed by atoms with E-state index in [-0.39, 0.29) is 5.91 Å². The summed E-state index contributed by atoms with van der Waals surface area (Å²) in [5, 5.41) is 10.1. The summed E-state index contributed by atoms with van der Waals surface area (Å²) in [4.78, 5) is 26.4. The van der Waals surface area contributed by atoms with E-state index in [0.717, 1.165) is 22.2 Å². The highest BCUT2D eigenvalue weighted by Gasteiger charge is 2.17. The standard InChI is InChI=1S/C23H16N6O/c1-28(18-5-2-15(11-24)3-6-18)23(30)20-14-29-21(12-27-22(29)13-26-20)17-4-7-19-16(10-17)8-9-25-19/h2-10,12-14,25H,1H3. The van der Waals surface area contributed by atoms with Crippen molar-refractivity contribution in [2.45, 2.75) is 0 Å². The minimum Gasteiger partial charge on any atom is -0.361 e. The number of imidazole rings is 1. The highest BCUT2D eigenvalue weighted by atomic mass is 16.2. The van der Waals surface area contributed by atoms with Gasteiger partial charge in [0, 0.05) is 41.6 Å². The molecular formula is C23H16N6O. The van der Waals surface area contributed by atoms with E-state index < -0.39 is 0 Å². The van der Waals surface area contributed by atoms with E-state index >= 15 is 0 Å². The van der Waals surface area contributed by atoms with Crippen LogP contribution in [0.3, 0.4) is 0 Å². The lowest BCUT2D eigenvalue weighted by molar-refractivity contribution is 0.0988. The Bertz CT molecular complexity index is 1440. The first-order chi connectivity index (χ1) is 14.6. The van der Waals surface area contributed by atoms with Crippen LogP contribution in [0.25, 0.3) is 27.8 Å². The van der Waals surface area contributed by atoms with Crippen molar-refractivity contribution in [1.82, 2.24) is 19.4 Å². The van der Waals surface area contributed by atoms with Gasteiger partial charge in [-0.05, 0) is 42.5 Å². The minimum absolute atomic E-state index is 0.248. The van der Waals surface area contributed by atoms with Gasteiger partial charge in [0.2, 0.25) is 0 Å². The third-order valence-corrected chi connectivity index (χ3v) is 5.15. The van der Waals surface area contributed by atoms with E-state index in [2.05, 4.69) is 27.1 Å². The first-order valence-electron chi connectivity index (χ1n) is 9.33. The van der Waals surface area contributed by atoms with E-state index in [1.165, 1.54) is 4.90 Å². The number of aromatic nitrogens is 4. The van der Waals surface area contributed by atoms with Crippen LogP contribution in [-0.2, 0) is 0 Å². The molecule has 144 valence electrons. The van der Waals surface area contributed by atoms with Crippen LogP contribution < -0.4 is 4.90 Å². The number of rotatable bonds is 3. The quantitative estimate of drug-likeness (QED) is 0.502. The summed E-state index contributed by atoms with van der Waals surface area (Å²) in [6.07, 6.45) is 6.99. The second-order valence-electron chi connectivity index (χ2n) is 6.95. The number of carbonyl (C=O) groups excluding carboxylic acids is 1. The van der Waals surface area contributed by atoms with E-state index in [9.17, 15) is 4.79 Å². The molecule has 0 unspecified atom stereocenters. The maximum atomic E-state index is 13.0. The van der Waals surface area contributed by atoms with Crippen LogP contribution >= 0.6 is 0 Å². The van der Waals surface area contributed by atoms with Crippen LogP contribution in [0.15, 0.2) is 73.3 Å². The summed E-state index contributed by atoms with van der Waals surface area (Å²) in [5.41, 5.74) is 5.14. The SMILES string of the molecule is CN(C(=O)c1cn2c(-c3ccc4[nH]ccc4c3)cnc2cn1)c1ccc(C#N)cc1. The van der Waals surface area contributed by atoms with Crippen LogP contribution in [0, 0.1) is 11.3 Å². The predicted octanol–water partition coefficient (Wildman–Crippen LogP) is 4.03. The topological polar surface area (TPSA) is 90.1 Å². The van der Waals surface area contributed by atoms with Crippen LogP contribution in [0.4, 0.5) is 5.69 Å². The minimum atomic E-state index is -0.248. The summed E-state index contributed by atoms with van der Waals surface area (Å²) < 4.78 is 1.88. The highest BCUT2D eigenvalue weighted by Crippen LogP contribution is 2.25. The van der Waals surface area contributed by atoms with Gasteiger partial charge in [-0.2, -0.15) is 5.26 Å². The van der Waals surface area contributed by atoms with Crippen molar-refractivity contribution < 1.29 is 4.79 Å². The summed E-state index contributed by atoms with van der Waals surface area (Å²) in [7, 11) is 1.68. The Kier molecular flexibility index (Phi) is 4.04. The zero-order chi connectivity index (χ0) is 20.7. The molecule has 5 aromatic rings. The number of hydrogen-bond acceptors (Lipinski definition) is 4. The van der Waals surface area contributed by atoms with Gasteiger partial charge in [-0.3, -0.25) is 9.20 Å². The van der Waals surface area contributed by atoms with Gasteiger partial charge in [-0.25, -0.2) is 9.97 Å². The summed E-state index contributed by atoms with van der Waals surface area (Å²) in [6.45, 7) is 0. The molecule has 0 spiro atoms. The largest absolute Gasteiger partial charge is 0.361 e. The Morgan fingerprint density at radius 2 is 1.93 bits per heavy atom. The smallest absolute Gasteiger partial charge is 0.278 e. The van der Waals surface area contributed by atoms with E-state index in [1.807, 2.05) is 28.8 Å². The fourth-order valence-corrected chi connectivity index (χ4v) is 3.47. The third kappa shape index (κ3) is 2.88. The molecule has 7 heteroatoms. The van der Waals surface area contributed by atoms with Gasteiger partial charge in [-0.1, -0.05) is 6.07 Å². The number of nitrogens with zero attached hydrogens (tertiary/aromatic N) is 5. The third-order valence-electron chi connectivity index (χ3n) is 5.15. The lowest BCUT2D eigenvalue weighted by atomic mass is 10.1. The molecule has 3 aromatic heterocycles. The average molecular weight is 392 g/mol. The number of nitriles is 1. The molecule has 2 aromatic carbocycles. The fourth-order valence-electron chi connectivity index (χ4n) is 3.47. The number of hydrogen-bond donors (Lipinski definition) is 1. The van der Waals surface area contributed by atoms with Crippen LogP contribution in [0.1, 0.15) is 16.1 Å². The molecule has 0 aliphatic rings. The van der Waals surface area contributed by atoms with E-state index in [4.69, 9.17) is 5.26 Å².